The number of ether oxygens (including phenoxy) is 1. The number of nitrogens with one attached hydrogen (secondary N) is 1. The Balaban J connectivity index is 1.70. The molecule has 1 N–H and O–H groups in total. The summed E-state index contributed by atoms with van der Waals surface area (Å²) in [4.78, 5) is 27.9. The summed E-state index contributed by atoms with van der Waals surface area (Å²) in [7, 11) is 0. The maximum atomic E-state index is 12.1. The van der Waals surface area contributed by atoms with Crippen LogP contribution in [0.5, 0.6) is 5.75 Å². The van der Waals surface area contributed by atoms with Crippen LogP contribution in [0.25, 0.3) is 0 Å². The first-order chi connectivity index (χ1) is 12.3. The Bertz CT molecular complexity index is 600. The third-order valence-electron chi connectivity index (χ3n) is 4.18. The van der Waals surface area contributed by atoms with Crippen molar-refractivity contribution in [3.05, 3.63) is 29.8 Å². The maximum absolute atomic E-state index is 12.1. The van der Waals surface area contributed by atoms with E-state index in [0.717, 1.165) is 5.56 Å². The molecular formula is C18H25F2N3O3. The van der Waals surface area contributed by atoms with Gasteiger partial charge in [-0.1, -0.05) is 26.0 Å². The lowest BCUT2D eigenvalue weighted by Crippen LogP contribution is -2.51. The number of amides is 2. The molecule has 2 rings (SSSR count). The molecule has 0 aromatic heterocycles. The number of carbonyl (C=O) groups is 2. The highest BCUT2D eigenvalue weighted by molar-refractivity contribution is 5.79. The summed E-state index contributed by atoms with van der Waals surface area (Å²) in [5.41, 5.74) is 0.798. The van der Waals surface area contributed by atoms with E-state index in [4.69, 9.17) is 0 Å². The first kappa shape index (κ1) is 20.1. The van der Waals surface area contributed by atoms with Crippen LogP contribution in [0.1, 0.15) is 19.4 Å². The average molecular weight is 369 g/mol. The topological polar surface area (TPSA) is 61.9 Å². The van der Waals surface area contributed by atoms with E-state index in [-0.39, 0.29) is 30.0 Å². The zero-order chi connectivity index (χ0) is 19.1. The van der Waals surface area contributed by atoms with Gasteiger partial charge >= 0.3 is 6.61 Å². The molecule has 26 heavy (non-hydrogen) atoms. The molecule has 2 amide bonds. The largest absolute Gasteiger partial charge is 0.435 e. The van der Waals surface area contributed by atoms with Gasteiger partial charge in [-0.05, 0) is 17.7 Å². The number of hydrogen-bond donors (Lipinski definition) is 1. The lowest BCUT2D eigenvalue weighted by atomic mass is 10.1. The molecule has 0 unspecified atom stereocenters. The Hall–Kier alpha value is -2.22. The van der Waals surface area contributed by atoms with Crippen LogP contribution >= 0.6 is 0 Å². The number of rotatable bonds is 7. The van der Waals surface area contributed by atoms with Gasteiger partial charge in [0.1, 0.15) is 5.75 Å². The van der Waals surface area contributed by atoms with Gasteiger partial charge in [-0.25, -0.2) is 0 Å². The van der Waals surface area contributed by atoms with Crippen molar-refractivity contribution in [1.29, 1.82) is 0 Å². The van der Waals surface area contributed by atoms with Gasteiger partial charge in [0, 0.05) is 38.6 Å². The van der Waals surface area contributed by atoms with Crippen molar-refractivity contribution in [3.63, 3.8) is 0 Å². The summed E-state index contributed by atoms with van der Waals surface area (Å²) < 4.78 is 28.5. The molecule has 1 saturated heterocycles. The Kier molecular flexibility index (Phi) is 7.32. The molecule has 8 heteroatoms. The summed E-state index contributed by atoms with van der Waals surface area (Å²) in [5, 5.41) is 2.81. The van der Waals surface area contributed by atoms with Crippen LogP contribution in [0, 0.1) is 5.92 Å². The fourth-order valence-corrected chi connectivity index (χ4v) is 2.74. The number of hydrogen-bond acceptors (Lipinski definition) is 4. The zero-order valence-corrected chi connectivity index (χ0v) is 15.1. The fraction of sp³-hybridized carbons (Fsp3) is 0.556. The molecule has 6 nitrogen and oxygen atoms in total. The smallest absolute Gasteiger partial charge is 0.387 e. The molecule has 0 saturated carbocycles. The molecule has 1 heterocycles. The van der Waals surface area contributed by atoms with Crippen LogP contribution in [-0.2, 0) is 16.1 Å². The molecule has 1 aromatic carbocycles. The van der Waals surface area contributed by atoms with Crippen LogP contribution < -0.4 is 10.1 Å². The lowest BCUT2D eigenvalue weighted by Gasteiger charge is -2.35. The van der Waals surface area contributed by atoms with Gasteiger partial charge < -0.3 is 15.0 Å². The molecular weight excluding hydrogens is 344 g/mol. The third-order valence-corrected chi connectivity index (χ3v) is 4.18. The molecule has 1 fully saturated rings. The monoisotopic (exact) mass is 369 g/mol. The first-order valence-electron chi connectivity index (χ1n) is 8.66. The number of alkyl halides is 2. The van der Waals surface area contributed by atoms with E-state index in [1.165, 1.54) is 12.1 Å². The van der Waals surface area contributed by atoms with Gasteiger partial charge in [0.2, 0.25) is 11.8 Å². The van der Waals surface area contributed by atoms with Gasteiger partial charge in [0.25, 0.3) is 0 Å². The van der Waals surface area contributed by atoms with Crippen molar-refractivity contribution in [2.45, 2.75) is 27.0 Å². The minimum atomic E-state index is -2.85. The number of nitrogens with zero attached hydrogens (tertiary/aromatic N) is 2. The van der Waals surface area contributed by atoms with Gasteiger partial charge in [-0.3, -0.25) is 14.5 Å². The van der Waals surface area contributed by atoms with Crippen LogP contribution in [0.4, 0.5) is 8.78 Å². The minimum Gasteiger partial charge on any atom is -0.435 e. The quantitative estimate of drug-likeness (QED) is 0.795. The van der Waals surface area contributed by atoms with E-state index in [0.29, 0.717) is 32.7 Å². The van der Waals surface area contributed by atoms with Crippen LogP contribution in [0.3, 0.4) is 0 Å². The number of piperazine rings is 1. The second-order valence-electron chi connectivity index (χ2n) is 6.56. The van der Waals surface area contributed by atoms with Crippen LogP contribution in [0.2, 0.25) is 0 Å². The van der Waals surface area contributed by atoms with Crippen molar-refractivity contribution < 1.29 is 23.1 Å². The molecule has 0 bridgehead atoms. The molecule has 0 aliphatic carbocycles. The number of benzene rings is 1. The Morgan fingerprint density at radius 2 is 1.73 bits per heavy atom. The lowest BCUT2D eigenvalue weighted by molar-refractivity contribution is -0.136. The van der Waals surface area contributed by atoms with Gasteiger partial charge in [0.05, 0.1) is 6.54 Å². The zero-order valence-electron chi connectivity index (χ0n) is 15.1. The SMILES string of the molecule is CC(C)C(=O)N1CCN(CC(=O)NCc2ccc(OC(F)F)cc2)CC1. The van der Waals surface area contributed by atoms with Gasteiger partial charge in [-0.15, -0.1) is 0 Å². The van der Waals surface area contributed by atoms with E-state index >= 15 is 0 Å². The van der Waals surface area contributed by atoms with Crippen molar-refractivity contribution in [3.8, 4) is 5.75 Å². The second kappa shape index (κ2) is 9.47. The molecule has 1 aromatic rings. The number of carbonyl (C=O) groups excluding carboxylic acids is 2. The van der Waals surface area contributed by atoms with Crippen molar-refractivity contribution >= 4 is 11.8 Å². The van der Waals surface area contributed by atoms with Crippen molar-refractivity contribution in [2.24, 2.45) is 5.92 Å². The second-order valence-corrected chi connectivity index (χ2v) is 6.56. The molecule has 0 radical (unpaired) electrons. The molecule has 1 aliphatic heterocycles. The molecule has 1 aliphatic rings. The summed E-state index contributed by atoms with van der Waals surface area (Å²) in [6.07, 6.45) is 0. The minimum absolute atomic E-state index is 0.0117. The molecule has 144 valence electrons. The molecule has 0 spiro atoms. The van der Waals surface area contributed by atoms with E-state index in [9.17, 15) is 18.4 Å². The normalized spacial score (nSPS) is 15.4. The van der Waals surface area contributed by atoms with Crippen LogP contribution in [-0.4, -0.2) is 60.9 Å². The highest BCUT2D eigenvalue weighted by Gasteiger charge is 2.23. The van der Waals surface area contributed by atoms with E-state index in [2.05, 4.69) is 10.1 Å². The van der Waals surface area contributed by atoms with Crippen LogP contribution in [0.15, 0.2) is 24.3 Å². The summed E-state index contributed by atoms with van der Waals surface area (Å²) >= 11 is 0. The molecule has 0 atom stereocenters. The van der Waals surface area contributed by atoms with E-state index in [1.54, 1.807) is 12.1 Å². The highest BCUT2D eigenvalue weighted by atomic mass is 19.3. The average Bonchev–Trinajstić information content (AvgIpc) is 2.60. The van der Waals surface area contributed by atoms with Gasteiger partial charge in [0.15, 0.2) is 0 Å². The summed E-state index contributed by atoms with van der Waals surface area (Å²) in [6.45, 7) is 4.12. The van der Waals surface area contributed by atoms with Gasteiger partial charge in [-0.2, -0.15) is 8.78 Å². The number of halogens is 2. The Labute approximate surface area is 152 Å². The van der Waals surface area contributed by atoms with E-state index < -0.39 is 6.61 Å². The standard InChI is InChI=1S/C18H25F2N3O3/c1-13(2)17(25)23-9-7-22(8-10-23)12-16(24)21-11-14-3-5-15(6-4-14)26-18(19)20/h3-6,13,18H,7-12H2,1-2H3,(H,21,24). The summed E-state index contributed by atoms with van der Waals surface area (Å²) in [5.74, 6) is 0.112. The third kappa shape index (κ3) is 6.25. The fourth-order valence-electron chi connectivity index (χ4n) is 2.74. The van der Waals surface area contributed by atoms with Crippen molar-refractivity contribution in [1.82, 2.24) is 15.1 Å². The first-order valence-corrected chi connectivity index (χ1v) is 8.66. The van der Waals surface area contributed by atoms with Crippen molar-refractivity contribution in [2.75, 3.05) is 32.7 Å². The predicted octanol–water partition coefficient (Wildman–Crippen LogP) is 1.70. The Morgan fingerprint density at radius 3 is 2.27 bits per heavy atom. The Morgan fingerprint density at radius 1 is 1.12 bits per heavy atom. The highest BCUT2D eigenvalue weighted by Crippen LogP contribution is 2.14. The van der Waals surface area contributed by atoms with E-state index in [1.807, 2.05) is 23.6 Å². The predicted molar refractivity (Wildman–Crippen MR) is 92.8 cm³/mol. The maximum Gasteiger partial charge on any atom is 0.387 e. The summed E-state index contributed by atoms with van der Waals surface area (Å²) in [6, 6.07) is 6.15.